The fraction of sp³-hybridized carbons (Fsp3) is 0.158. The lowest BCUT2D eigenvalue weighted by molar-refractivity contribution is 0.470. The Morgan fingerprint density at radius 1 is 0.850 bits per heavy atom. The molecule has 1 unspecified atom stereocenters. The highest BCUT2D eigenvalue weighted by Crippen LogP contribution is 2.37. The van der Waals surface area contributed by atoms with Gasteiger partial charge in [0, 0.05) is 16.9 Å². The van der Waals surface area contributed by atoms with Gasteiger partial charge < -0.3 is 5.11 Å². The van der Waals surface area contributed by atoms with Crippen molar-refractivity contribution in [3.8, 4) is 5.75 Å². The molecule has 0 radical (unpaired) electrons. The first-order chi connectivity index (χ1) is 9.81. The normalized spacial score (nSPS) is 12.4. The van der Waals surface area contributed by atoms with Gasteiger partial charge in [-0.25, -0.2) is 0 Å². The molecule has 1 N–H and O–H groups in total. The predicted octanol–water partition coefficient (Wildman–Crippen LogP) is 5.09. The fourth-order valence-electron chi connectivity index (χ4n) is 2.87. The van der Waals surface area contributed by atoms with E-state index in [0.29, 0.717) is 5.75 Å². The van der Waals surface area contributed by atoms with E-state index in [2.05, 4.69) is 43.3 Å². The Hall–Kier alpha value is -2.28. The Labute approximate surface area is 119 Å². The van der Waals surface area contributed by atoms with Crippen molar-refractivity contribution in [3.05, 3.63) is 77.9 Å². The first kappa shape index (κ1) is 12.7. The summed E-state index contributed by atoms with van der Waals surface area (Å²) in [6.07, 6.45) is 0.968. The SMILES string of the molecule is CCC(c1ccccc1)c1ccc2ccccc2c1O. The Morgan fingerprint density at radius 3 is 2.30 bits per heavy atom. The van der Waals surface area contributed by atoms with E-state index in [-0.39, 0.29) is 5.92 Å². The van der Waals surface area contributed by atoms with Gasteiger partial charge in [0.2, 0.25) is 0 Å². The second-order valence-electron chi connectivity index (χ2n) is 5.10. The second-order valence-corrected chi connectivity index (χ2v) is 5.10. The molecule has 1 nitrogen and oxygen atoms in total. The molecule has 1 atom stereocenters. The van der Waals surface area contributed by atoms with E-state index in [4.69, 9.17) is 0 Å². The molecule has 0 amide bonds. The molecule has 0 saturated carbocycles. The molecule has 100 valence electrons. The standard InChI is InChI=1S/C19H18O/c1-2-16(14-8-4-3-5-9-14)18-13-12-15-10-6-7-11-17(15)19(18)20/h3-13,16,20H,2H2,1H3. The molecule has 3 rings (SSSR count). The van der Waals surface area contributed by atoms with Gasteiger partial charge in [-0.05, 0) is 17.4 Å². The molecule has 0 aliphatic carbocycles. The highest BCUT2D eigenvalue weighted by molar-refractivity contribution is 5.89. The van der Waals surface area contributed by atoms with Gasteiger partial charge in [-0.1, -0.05) is 73.7 Å². The van der Waals surface area contributed by atoms with Crippen molar-refractivity contribution in [2.24, 2.45) is 0 Å². The lowest BCUT2D eigenvalue weighted by Crippen LogP contribution is -2.00. The topological polar surface area (TPSA) is 20.2 Å². The van der Waals surface area contributed by atoms with Crippen LogP contribution in [0.25, 0.3) is 10.8 Å². The molecule has 0 heterocycles. The number of phenols is 1. The highest BCUT2D eigenvalue weighted by atomic mass is 16.3. The van der Waals surface area contributed by atoms with Gasteiger partial charge in [0.1, 0.15) is 5.75 Å². The Bertz CT molecular complexity index is 716. The van der Waals surface area contributed by atoms with Gasteiger partial charge in [-0.15, -0.1) is 0 Å². The van der Waals surface area contributed by atoms with Crippen molar-refractivity contribution in [2.75, 3.05) is 0 Å². The third-order valence-corrected chi connectivity index (χ3v) is 3.92. The largest absolute Gasteiger partial charge is 0.507 e. The number of hydrogen-bond acceptors (Lipinski definition) is 1. The van der Waals surface area contributed by atoms with Gasteiger partial charge in [-0.3, -0.25) is 0 Å². The van der Waals surface area contributed by atoms with E-state index < -0.39 is 0 Å². The van der Waals surface area contributed by atoms with Gasteiger partial charge in [0.05, 0.1) is 0 Å². The van der Waals surface area contributed by atoms with Crippen molar-refractivity contribution < 1.29 is 5.11 Å². The lowest BCUT2D eigenvalue weighted by atomic mass is 9.87. The van der Waals surface area contributed by atoms with Crippen LogP contribution >= 0.6 is 0 Å². The van der Waals surface area contributed by atoms with Crippen molar-refractivity contribution in [3.63, 3.8) is 0 Å². The predicted molar refractivity (Wildman–Crippen MR) is 84.2 cm³/mol. The molecule has 0 spiro atoms. The summed E-state index contributed by atoms with van der Waals surface area (Å²) in [5.41, 5.74) is 2.26. The van der Waals surface area contributed by atoms with Crippen LogP contribution in [0.3, 0.4) is 0 Å². The van der Waals surface area contributed by atoms with Crippen molar-refractivity contribution in [2.45, 2.75) is 19.3 Å². The maximum absolute atomic E-state index is 10.6. The Kier molecular flexibility index (Phi) is 3.42. The summed E-state index contributed by atoms with van der Waals surface area (Å²) in [5.74, 6) is 0.652. The third kappa shape index (κ3) is 2.16. The van der Waals surface area contributed by atoms with Gasteiger partial charge >= 0.3 is 0 Å². The first-order valence-corrected chi connectivity index (χ1v) is 7.07. The van der Waals surface area contributed by atoms with E-state index in [9.17, 15) is 5.11 Å². The van der Waals surface area contributed by atoms with Crippen LogP contribution in [-0.2, 0) is 0 Å². The minimum atomic E-state index is 0.237. The molecule has 0 aliphatic rings. The summed E-state index contributed by atoms with van der Waals surface area (Å²) in [4.78, 5) is 0. The summed E-state index contributed by atoms with van der Waals surface area (Å²) in [5, 5.41) is 12.6. The van der Waals surface area contributed by atoms with Crippen LogP contribution in [0.1, 0.15) is 30.4 Å². The van der Waals surface area contributed by atoms with Crippen molar-refractivity contribution in [1.82, 2.24) is 0 Å². The van der Waals surface area contributed by atoms with E-state index in [1.165, 1.54) is 5.56 Å². The fourth-order valence-corrected chi connectivity index (χ4v) is 2.87. The Balaban J connectivity index is 2.15. The van der Waals surface area contributed by atoms with Crippen LogP contribution in [0.15, 0.2) is 66.7 Å². The molecule has 0 bridgehead atoms. The second kappa shape index (κ2) is 5.38. The number of aromatic hydroxyl groups is 1. The number of phenolic OH excluding ortho intramolecular Hbond substituents is 1. The zero-order chi connectivity index (χ0) is 13.9. The Morgan fingerprint density at radius 2 is 1.55 bits per heavy atom. The molecule has 0 saturated heterocycles. The van der Waals surface area contributed by atoms with Crippen LogP contribution < -0.4 is 0 Å². The smallest absolute Gasteiger partial charge is 0.127 e. The molecular weight excluding hydrogens is 244 g/mol. The van der Waals surface area contributed by atoms with E-state index in [1.807, 2.05) is 30.3 Å². The van der Waals surface area contributed by atoms with Crippen LogP contribution in [0.5, 0.6) is 5.75 Å². The monoisotopic (exact) mass is 262 g/mol. The molecule has 0 aliphatic heterocycles. The minimum absolute atomic E-state index is 0.237. The molecular formula is C19H18O. The molecule has 1 heteroatoms. The third-order valence-electron chi connectivity index (χ3n) is 3.92. The molecule has 0 aromatic heterocycles. The average Bonchev–Trinajstić information content (AvgIpc) is 2.51. The average molecular weight is 262 g/mol. The summed E-state index contributed by atoms with van der Waals surface area (Å²) < 4.78 is 0. The molecule has 3 aromatic carbocycles. The summed E-state index contributed by atoms with van der Waals surface area (Å²) in [6, 6.07) is 22.5. The molecule has 0 fully saturated rings. The molecule has 20 heavy (non-hydrogen) atoms. The van der Waals surface area contributed by atoms with Gasteiger partial charge in [-0.2, -0.15) is 0 Å². The first-order valence-electron chi connectivity index (χ1n) is 7.07. The van der Waals surface area contributed by atoms with Crippen LogP contribution in [0.2, 0.25) is 0 Å². The summed E-state index contributed by atoms with van der Waals surface area (Å²) in [7, 11) is 0. The van der Waals surface area contributed by atoms with Crippen LogP contribution in [-0.4, -0.2) is 5.11 Å². The maximum Gasteiger partial charge on any atom is 0.127 e. The van der Waals surface area contributed by atoms with Crippen LogP contribution in [0, 0.1) is 0 Å². The van der Waals surface area contributed by atoms with E-state index in [0.717, 1.165) is 22.8 Å². The van der Waals surface area contributed by atoms with Gasteiger partial charge in [0.25, 0.3) is 0 Å². The zero-order valence-electron chi connectivity index (χ0n) is 11.6. The summed E-state index contributed by atoms with van der Waals surface area (Å²) >= 11 is 0. The van der Waals surface area contributed by atoms with Crippen molar-refractivity contribution in [1.29, 1.82) is 0 Å². The van der Waals surface area contributed by atoms with E-state index >= 15 is 0 Å². The number of fused-ring (bicyclic) bond motifs is 1. The zero-order valence-corrected chi connectivity index (χ0v) is 11.6. The number of hydrogen-bond donors (Lipinski definition) is 1. The lowest BCUT2D eigenvalue weighted by Gasteiger charge is -2.18. The van der Waals surface area contributed by atoms with Crippen molar-refractivity contribution >= 4 is 10.8 Å². The van der Waals surface area contributed by atoms with E-state index in [1.54, 1.807) is 0 Å². The molecule has 3 aromatic rings. The highest BCUT2D eigenvalue weighted by Gasteiger charge is 2.17. The maximum atomic E-state index is 10.6. The minimum Gasteiger partial charge on any atom is -0.507 e. The van der Waals surface area contributed by atoms with Gasteiger partial charge in [0.15, 0.2) is 0 Å². The quantitative estimate of drug-likeness (QED) is 0.697. The number of rotatable bonds is 3. The van der Waals surface area contributed by atoms with Crippen LogP contribution in [0.4, 0.5) is 0 Å². The number of benzene rings is 3. The summed E-state index contributed by atoms with van der Waals surface area (Å²) in [6.45, 7) is 2.16.